The summed E-state index contributed by atoms with van der Waals surface area (Å²) < 4.78 is 0. The highest BCUT2D eigenvalue weighted by atomic mass is 32.1. The molecule has 0 aromatic carbocycles. The van der Waals surface area contributed by atoms with Gasteiger partial charge in [-0.2, -0.15) is 0 Å². The van der Waals surface area contributed by atoms with Crippen molar-refractivity contribution in [1.29, 1.82) is 0 Å². The van der Waals surface area contributed by atoms with Gasteiger partial charge in [-0.25, -0.2) is 9.78 Å². The summed E-state index contributed by atoms with van der Waals surface area (Å²) >= 11 is 1.62. The van der Waals surface area contributed by atoms with Gasteiger partial charge in [0, 0.05) is 18.5 Å². The van der Waals surface area contributed by atoms with Gasteiger partial charge in [0.1, 0.15) is 0 Å². The van der Waals surface area contributed by atoms with Crippen molar-refractivity contribution in [3.05, 3.63) is 22.2 Å². The van der Waals surface area contributed by atoms with Gasteiger partial charge in [0.15, 0.2) is 0 Å². The molecule has 0 atom stereocenters. The van der Waals surface area contributed by atoms with E-state index in [1.807, 2.05) is 18.4 Å². The molecule has 2 rings (SSSR count). The topological polar surface area (TPSA) is 53.4 Å². The minimum atomic E-state index is -0.847. The zero-order valence-corrected chi connectivity index (χ0v) is 9.25. The van der Waals surface area contributed by atoms with Gasteiger partial charge in [0.2, 0.25) is 0 Å². The van der Waals surface area contributed by atoms with E-state index in [2.05, 4.69) is 4.98 Å². The second-order valence-electron chi connectivity index (χ2n) is 3.46. The standard InChI is InChI=1S/C10H12N2O2S/c1-7-11-9(6-15-7)8-2-4-12(5-3-8)10(13)14/h2,6H,3-5H2,1H3,(H,13,14). The van der Waals surface area contributed by atoms with Gasteiger partial charge in [0.05, 0.1) is 10.7 Å². The average molecular weight is 224 g/mol. The summed E-state index contributed by atoms with van der Waals surface area (Å²) in [6.07, 6.45) is 1.86. The van der Waals surface area contributed by atoms with Crippen LogP contribution < -0.4 is 0 Å². The monoisotopic (exact) mass is 224 g/mol. The molecule has 1 aromatic heterocycles. The van der Waals surface area contributed by atoms with Crippen LogP contribution >= 0.6 is 11.3 Å². The van der Waals surface area contributed by atoms with Gasteiger partial charge in [-0.15, -0.1) is 11.3 Å². The Kier molecular flexibility index (Phi) is 2.73. The third-order valence-corrected chi connectivity index (χ3v) is 3.20. The molecule has 0 saturated carbocycles. The molecule has 2 heterocycles. The molecule has 0 radical (unpaired) electrons. The summed E-state index contributed by atoms with van der Waals surface area (Å²) in [7, 11) is 0. The maximum absolute atomic E-state index is 10.7. The average Bonchev–Trinajstić information content (AvgIpc) is 2.65. The van der Waals surface area contributed by atoms with E-state index < -0.39 is 6.09 Å². The second-order valence-corrected chi connectivity index (χ2v) is 4.52. The molecular weight excluding hydrogens is 212 g/mol. The van der Waals surface area contributed by atoms with E-state index in [0.29, 0.717) is 13.1 Å². The van der Waals surface area contributed by atoms with Crippen molar-refractivity contribution in [3.63, 3.8) is 0 Å². The van der Waals surface area contributed by atoms with Gasteiger partial charge in [-0.1, -0.05) is 6.08 Å². The van der Waals surface area contributed by atoms with E-state index in [4.69, 9.17) is 5.11 Å². The van der Waals surface area contributed by atoms with Crippen LogP contribution in [0, 0.1) is 6.92 Å². The van der Waals surface area contributed by atoms with Gasteiger partial charge < -0.3 is 10.0 Å². The van der Waals surface area contributed by atoms with Crippen molar-refractivity contribution in [3.8, 4) is 0 Å². The zero-order valence-electron chi connectivity index (χ0n) is 8.43. The number of amides is 1. The van der Waals surface area contributed by atoms with Crippen molar-refractivity contribution in [2.24, 2.45) is 0 Å². The highest BCUT2D eigenvalue weighted by Gasteiger charge is 2.17. The van der Waals surface area contributed by atoms with Crippen LogP contribution in [-0.4, -0.2) is 34.2 Å². The number of hydrogen-bond donors (Lipinski definition) is 1. The lowest BCUT2D eigenvalue weighted by molar-refractivity contribution is 0.150. The fourth-order valence-corrected chi connectivity index (χ4v) is 2.22. The number of hydrogen-bond acceptors (Lipinski definition) is 3. The lowest BCUT2D eigenvalue weighted by atomic mass is 10.1. The Balaban J connectivity index is 2.11. The number of thiazole rings is 1. The number of aromatic nitrogens is 1. The highest BCUT2D eigenvalue weighted by Crippen LogP contribution is 2.23. The van der Waals surface area contributed by atoms with E-state index >= 15 is 0 Å². The largest absolute Gasteiger partial charge is 0.465 e. The molecule has 0 spiro atoms. The predicted molar refractivity (Wildman–Crippen MR) is 59.0 cm³/mol. The molecule has 80 valence electrons. The molecule has 1 aliphatic rings. The highest BCUT2D eigenvalue weighted by molar-refractivity contribution is 7.09. The Morgan fingerprint density at radius 2 is 2.47 bits per heavy atom. The minimum absolute atomic E-state index is 0.473. The van der Waals surface area contributed by atoms with Crippen molar-refractivity contribution in [2.45, 2.75) is 13.3 Å². The van der Waals surface area contributed by atoms with Gasteiger partial charge >= 0.3 is 6.09 Å². The van der Waals surface area contributed by atoms with Crippen LogP contribution in [0.1, 0.15) is 17.1 Å². The first-order chi connectivity index (χ1) is 7.16. The maximum Gasteiger partial charge on any atom is 0.407 e. The van der Waals surface area contributed by atoms with E-state index in [1.165, 1.54) is 4.90 Å². The van der Waals surface area contributed by atoms with Crippen molar-refractivity contribution < 1.29 is 9.90 Å². The quantitative estimate of drug-likeness (QED) is 0.795. The molecule has 0 fully saturated rings. The van der Waals surface area contributed by atoms with Crippen LogP contribution in [0.2, 0.25) is 0 Å². The summed E-state index contributed by atoms with van der Waals surface area (Å²) in [4.78, 5) is 16.5. The van der Waals surface area contributed by atoms with Gasteiger partial charge in [0.25, 0.3) is 0 Å². The summed E-state index contributed by atoms with van der Waals surface area (Å²) in [5, 5.41) is 11.9. The van der Waals surface area contributed by atoms with Crippen LogP contribution in [0.15, 0.2) is 11.5 Å². The van der Waals surface area contributed by atoms with Gasteiger partial charge in [-0.3, -0.25) is 0 Å². The van der Waals surface area contributed by atoms with Crippen LogP contribution in [0.25, 0.3) is 5.57 Å². The Labute approximate surface area is 91.9 Å². The molecule has 0 unspecified atom stereocenters. The van der Waals surface area contributed by atoms with Crippen LogP contribution in [0.4, 0.5) is 4.79 Å². The van der Waals surface area contributed by atoms with Gasteiger partial charge in [-0.05, 0) is 18.9 Å². The number of aryl methyl sites for hydroxylation is 1. The minimum Gasteiger partial charge on any atom is -0.465 e. The Bertz CT molecular complexity index is 411. The summed E-state index contributed by atoms with van der Waals surface area (Å²) in [6, 6.07) is 0. The number of carboxylic acid groups (broad SMARTS) is 1. The first kappa shape index (κ1) is 10.2. The Hall–Kier alpha value is -1.36. The third-order valence-electron chi connectivity index (χ3n) is 2.43. The van der Waals surface area contributed by atoms with Crippen LogP contribution in [0.3, 0.4) is 0 Å². The third kappa shape index (κ3) is 2.18. The van der Waals surface area contributed by atoms with E-state index in [0.717, 1.165) is 22.7 Å². The summed E-state index contributed by atoms with van der Waals surface area (Å²) in [5.41, 5.74) is 2.17. The molecule has 1 aromatic rings. The van der Waals surface area contributed by atoms with E-state index in [1.54, 1.807) is 11.3 Å². The molecule has 4 nitrogen and oxygen atoms in total. The molecule has 5 heteroatoms. The SMILES string of the molecule is Cc1nc(C2=CCN(C(=O)O)CC2)cs1. The van der Waals surface area contributed by atoms with Crippen molar-refractivity contribution in [2.75, 3.05) is 13.1 Å². The van der Waals surface area contributed by atoms with Crippen LogP contribution in [-0.2, 0) is 0 Å². The number of rotatable bonds is 1. The smallest absolute Gasteiger partial charge is 0.407 e. The first-order valence-corrected chi connectivity index (χ1v) is 5.64. The lowest BCUT2D eigenvalue weighted by Crippen LogP contribution is -2.33. The van der Waals surface area contributed by atoms with E-state index in [-0.39, 0.29) is 0 Å². The predicted octanol–water partition coefficient (Wildman–Crippen LogP) is 2.22. The van der Waals surface area contributed by atoms with Crippen molar-refractivity contribution >= 4 is 23.0 Å². The molecule has 0 saturated heterocycles. The Morgan fingerprint density at radius 1 is 1.67 bits per heavy atom. The molecule has 1 aliphatic heterocycles. The molecule has 1 amide bonds. The molecule has 0 bridgehead atoms. The first-order valence-electron chi connectivity index (χ1n) is 4.76. The molecule has 1 N–H and O–H groups in total. The van der Waals surface area contributed by atoms with E-state index in [9.17, 15) is 4.79 Å². The number of nitrogens with zero attached hydrogens (tertiary/aromatic N) is 2. The summed E-state index contributed by atoms with van der Waals surface area (Å²) in [6.45, 7) is 3.01. The fraction of sp³-hybridized carbons (Fsp3) is 0.400. The second kappa shape index (κ2) is 4.02. The zero-order chi connectivity index (χ0) is 10.8. The molecular formula is C10H12N2O2S. The molecule has 15 heavy (non-hydrogen) atoms. The normalized spacial score (nSPS) is 16.3. The Morgan fingerprint density at radius 3 is 2.93 bits per heavy atom. The summed E-state index contributed by atoms with van der Waals surface area (Å²) in [5.74, 6) is 0. The maximum atomic E-state index is 10.7. The van der Waals surface area contributed by atoms with Crippen LogP contribution in [0.5, 0.6) is 0 Å². The fourth-order valence-electron chi connectivity index (χ4n) is 1.59. The van der Waals surface area contributed by atoms with Crippen molar-refractivity contribution in [1.82, 2.24) is 9.88 Å². The lowest BCUT2D eigenvalue weighted by Gasteiger charge is -2.22. The number of carbonyl (C=O) groups is 1. The molecule has 0 aliphatic carbocycles.